The summed E-state index contributed by atoms with van der Waals surface area (Å²) in [5.74, 6) is 0.0956. The number of halogens is 4. The Kier molecular flexibility index (Phi) is 3.42. The topological polar surface area (TPSA) is 12.9 Å². The Morgan fingerprint density at radius 3 is 2.36 bits per heavy atom. The smallest absolute Gasteiger partial charge is 0.240 e. The molecule has 6 heteroatoms. The first-order valence-electron chi connectivity index (χ1n) is 3.99. The average Bonchev–Trinajstić information content (AvgIpc) is 2.49. The molecule has 1 aromatic rings. The number of aromatic nitrogens is 1. The molecular formula is C8H9ClF3NS. The molecule has 0 radical (unpaired) electrons. The first kappa shape index (κ1) is 11.8. The Morgan fingerprint density at radius 2 is 2.00 bits per heavy atom. The van der Waals surface area contributed by atoms with Gasteiger partial charge in [-0.1, -0.05) is 13.8 Å². The fourth-order valence-corrected chi connectivity index (χ4v) is 2.00. The number of thiazole rings is 1. The molecule has 1 nitrogen and oxygen atoms in total. The van der Waals surface area contributed by atoms with Crippen molar-refractivity contribution in [3.8, 4) is 0 Å². The molecule has 14 heavy (non-hydrogen) atoms. The standard InChI is InChI=1S/C8H9ClF3NS/c1-4(2)6(9)5-3-13-7(14-5)8(10,11)12/h3-4,6H,1-2H3. The minimum atomic E-state index is -4.36. The monoisotopic (exact) mass is 243 g/mol. The van der Waals surface area contributed by atoms with Crippen LogP contribution >= 0.6 is 22.9 Å². The van der Waals surface area contributed by atoms with Gasteiger partial charge in [-0.2, -0.15) is 13.2 Å². The van der Waals surface area contributed by atoms with Crippen LogP contribution in [0.3, 0.4) is 0 Å². The molecule has 0 aliphatic rings. The summed E-state index contributed by atoms with van der Waals surface area (Å²) in [5, 5.41) is -1.23. The van der Waals surface area contributed by atoms with Gasteiger partial charge in [-0.25, -0.2) is 4.98 Å². The lowest BCUT2D eigenvalue weighted by molar-refractivity contribution is -0.137. The number of hydrogen-bond acceptors (Lipinski definition) is 2. The maximum atomic E-state index is 12.2. The van der Waals surface area contributed by atoms with Crippen molar-refractivity contribution in [2.75, 3.05) is 0 Å². The third kappa shape index (κ3) is 2.60. The summed E-state index contributed by atoms with van der Waals surface area (Å²) in [6.45, 7) is 3.70. The minimum Gasteiger partial charge on any atom is -0.240 e. The van der Waals surface area contributed by atoms with Crippen LogP contribution in [0.4, 0.5) is 13.2 Å². The Labute approximate surface area is 88.9 Å². The van der Waals surface area contributed by atoms with Crippen molar-refractivity contribution in [2.45, 2.75) is 25.4 Å². The molecule has 0 N–H and O–H groups in total. The van der Waals surface area contributed by atoms with Crippen LogP contribution in [0.25, 0.3) is 0 Å². The molecule has 1 unspecified atom stereocenters. The summed E-state index contributed by atoms with van der Waals surface area (Å²) in [6.07, 6.45) is -3.17. The lowest BCUT2D eigenvalue weighted by Crippen LogP contribution is -2.03. The highest BCUT2D eigenvalue weighted by atomic mass is 35.5. The van der Waals surface area contributed by atoms with E-state index in [1.54, 1.807) is 0 Å². The Morgan fingerprint density at radius 1 is 1.43 bits per heavy atom. The first-order chi connectivity index (χ1) is 6.32. The molecule has 1 heterocycles. The SMILES string of the molecule is CC(C)C(Cl)c1cnc(C(F)(F)F)s1. The normalized spacial score (nSPS) is 14.8. The summed E-state index contributed by atoms with van der Waals surface area (Å²) < 4.78 is 36.5. The molecular weight excluding hydrogens is 235 g/mol. The van der Waals surface area contributed by atoms with E-state index in [0.717, 1.165) is 0 Å². The largest absolute Gasteiger partial charge is 0.443 e. The molecule has 1 aromatic heterocycles. The van der Waals surface area contributed by atoms with Gasteiger partial charge in [0.15, 0.2) is 5.01 Å². The lowest BCUT2D eigenvalue weighted by atomic mass is 10.1. The van der Waals surface area contributed by atoms with E-state index in [-0.39, 0.29) is 5.92 Å². The maximum Gasteiger partial charge on any atom is 0.443 e. The zero-order valence-corrected chi connectivity index (χ0v) is 9.17. The van der Waals surface area contributed by atoms with Crippen molar-refractivity contribution < 1.29 is 13.2 Å². The highest BCUT2D eigenvalue weighted by Gasteiger charge is 2.35. The Balaban J connectivity index is 2.89. The van der Waals surface area contributed by atoms with Gasteiger partial charge in [-0.3, -0.25) is 0 Å². The summed E-state index contributed by atoms with van der Waals surface area (Å²) >= 11 is 6.52. The Hall–Kier alpha value is -0.290. The van der Waals surface area contributed by atoms with Crippen LogP contribution in [0.15, 0.2) is 6.20 Å². The minimum absolute atomic E-state index is 0.0956. The summed E-state index contributed by atoms with van der Waals surface area (Å²) in [6, 6.07) is 0. The third-order valence-electron chi connectivity index (χ3n) is 1.62. The lowest BCUT2D eigenvalue weighted by Gasteiger charge is -2.09. The molecule has 0 aliphatic carbocycles. The molecule has 0 bridgehead atoms. The van der Waals surface area contributed by atoms with Gasteiger partial charge in [0, 0.05) is 11.1 Å². The number of hydrogen-bond donors (Lipinski definition) is 0. The van der Waals surface area contributed by atoms with Crippen LogP contribution in [0, 0.1) is 5.92 Å². The number of rotatable bonds is 2. The van der Waals surface area contributed by atoms with Crippen molar-refractivity contribution in [1.29, 1.82) is 0 Å². The van der Waals surface area contributed by atoms with E-state index in [2.05, 4.69) is 4.98 Å². The second-order valence-electron chi connectivity index (χ2n) is 3.21. The highest BCUT2D eigenvalue weighted by molar-refractivity contribution is 7.12. The van der Waals surface area contributed by atoms with E-state index in [4.69, 9.17) is 11.6 Å². The third-order valence-corrected chi connectivity index (χ3v) is 3.62. The van der Waals surface area contributed by atoms with Crippen LogP contribution in [0.5, 0.6) is 0 Å². The molecule has 1 rings (SSSR count). The molecule has 0 aromatic carbocycles. The second kappa shape index (κ2) is 4.06. The van der Waals surface area contributed by atoms with Gasteiger partial charge in [-0.15, -0.1) is 22.9 Å². The quantitative estimate of drug-likeness (QED) is 0.713. The molecule has 0 saturated carbocycles. The van der Waals surface area contributed by atoms with Gasteiger partial charge in [0.05, 0.1) is 5.38 Å². The van der Waals surface area contributed by atoms with E-state index in [9.17, 15) is 13.2 Å². The van der Waals surface area contributed by atoms with Crippen LogP contribution in [0.2, 0.25) is 0 Å². The van der Waals surface area contributed by atoms with E-state index in [1.807, 2.05) is 13.8 Å². The van der Waals surface area contributed by atoms with Crippen molar-refractivity contribution in [3.05, 3.63) is 16.1 Å². The van der Waals surface area contributed by atoms with E-state index >= 15 is 0 Å². The van der Waals surface area contributed by atoms with Crippen LogP contribution in [0.1, 0.15) is 29.1 Å². The Bertz CT molecular complexity index is 308. The molecule has 80 valence electrons. The molecule has 0 fully saturated rings. The maximum absolute atomic E-state index is 12.2. The van der Waals surface area contributed by atoms with Gasteiger partial charge in [0.1, 0.15) is 0 Å². The van der Waals surface area contributed by atoms with E-state index < -0.39 is 16.6 Å². The molecule has 0 spiro atoms. The fourth-order valence-electron chi connectivity index (χ4n) is 0.874. The fraction of sp³-hybridized carbons (Fsp3) is 0.625. The van der Waals surface area contributed by atoms with Crippen LogP contribution in [-0.2, 0) is 6.18 Å². The van der Waals surface area contributed by atoms with E-state index in [1.165, 1.54) is 6.20 Å². The van der Waals surface area contributed by atoms with Crippen molar-refractivity contribution >= 4 is 22.9 Å². The zero-order chi connectivity index (χ0) is 10.9. The van der Waals surface area contributed by atoms with Gasteiger partial charge in [0.2, 0.25) is 0 Å². The molecule has 0 saturated heterocycles. The first-order valence-corrected chi connectivity index (χ1v) is 5.24. The number of alkyl halides is 4. The van der Waals surface area contributed by atoms with Crippen molar-refractivity contribution in [1.82, 2.24) is 4.98 Å². The number of nitrogens with zero attached hydrogens (tertiary/aromatic N) is 1. The van der Waals surface area contributed by atoms with Gasteiger partial charge >= 0.3 is 6.18 Å². The van der Waals surface area contributed by atoms with Gasteiger partial charge in [-0.05, 0) is 5.92 Å². The van der Waals surface area contributed by atoms with Gasteiger partial charge < -0.3 is 0 Å². The second-order valence-corrected chi connectivity index (χ2v) is 4.74. The highest BCUT2D eigenvalue weighted by Crippen LogP contribution is 2.38. The van der Waals surface area contributed by atoms with Crippen molar-refractivity contribution in [3.63, 3.8) is 0 Å². The zero-order valence-electron chi connectivity index (χ0n) is 7.60. The summed E-state index contributed by atoms with van der Waals surface area (Å²) in [4.78, 5) is 3.77. The van der Waals surface area contributed by atoms with Crippen LogP contribution < -0.4 is 0 Å². The van der Waals surface area contributed by atoms with E-state index in [0.29, 0.717) is 16.2 Å². The van der Waals surface area contributed by atoms with Gasteiger partial charge in [0.25, 0.3) is 0 Å². The summed E-state index contributed by atoms with van der Waals surface area (Å²) in [7, 11) is 0. The molecule has 0 aliphatic heterocycles. The average molecular weight is 244 g/mol. The summed E-state index contributed by atoms with van der Waals surface area (Å²) in [5.41, 5.74) is 0. The molecule has 0 amide bonds. The van der Waals surface area contributed by atoms with Crippen molar-refractivity contribution in [2.24, 2.45) is 5.92 Å². The molecule has 1 atom stereocenters. The predicted octanol–water partition coefficient (Wildman–Crippen LogP) is 4.10. The predicted molar refractivity (Wildman–Crippen MR) is 50.5 cm³/mol. The van der Waals surface area contributed by atoms with Crippen LogP contribution in [-0.4, -0.2) is 4.98 Å².